The van der Waals surface area contributed by atoms with Gasteiger partial charge >= 0.3 is 0 Å². The van der Waals surface area contributed by atoms with E-state index in [1.165, 1.54) is 24.1 Å². The van der Waals surface area contributed by atoms with Crippen molar-refractivity contribution in [2.24, 2.45) is 0 Å². The van der Waals surface area contributed by atoms with Gasteiger partial charge in [0.15, 0.2) is 11.5 Å². The quantitative estimate of drug-likeness (QED) is 0.508. The average molecular weight is 447 g/mol. The van der Waals surface area contributed by atoms with E-state index in [2.05, 4.69) is 5.32 Å². The number of ether oxygens (including phenoxy) is 3. The number of hydrogen-bond acceptors (Lipinski definition) is 5. The van der Waals surface area contributed by atoms with Crippen LogP contribution < -0.4 is 14.8 Å². The van der Waals surface area contributed by atoms with Crippen LogP contribution in [0.1, 0.15) is 24.5 Å². The van der Waals surface area contributed by atoms with Crippen molar-refractivity contribution in [1.82, 2.24) is 10.2 Å². The smallest absolute Gasteiger partial charge is 0.242 e. The second-order valence-electron chi connectivity index (χ2n) is 7.33. The topological polar surface area (TPSA) is 77.1 Å². The normalized spacial score (nSPS) is 11.5. The molecule has 0 bridgehead atoms. The molecule has 2 rings (SSSR count). The minimum absolute atomic E-state index is 0.0723. The number of benzene rings is 2. The molecule has 0 heterocycles. The molecule has 1 N–H and O–H groups in total. The third-order valence-corrected chi connectivity index (χ3v) is 5.06. The number of hydrogen-bond donors (Lipinski definition) is 1. The fraction of sp³-hybridized carbons (Fsp3) is 0.417. The third-order valence-electron chi connectivity index (χ3n) is 5.06. The van der Waals surface area contributed by atoms with Crippen molar-refractivity contribution >= 4 is 11.8 Å². The molecule has 0 fully saturated rings. The Morgan fingerprint density at radius 3 is 2.28 bits per heavy atom. The molecule has 0 radical (unpaired) electrons. The molecule has 0 aliphatic rings. The van der Waals surface area contributed by atoms with Gasteiger partial charge in [-0.2, -0.15) is 0 Å². The van der Waals surface area contributed by atoms with E-state index in [1.54, 1.807) is 51.5 Å². The number of amides is 2. The number of halogens is 1. The Kier molecular flexibility index (Phi) is 9.94. The second-order valence-corrected chi connectivity index (χ2v) is 7.33. The zero-order valence-corrected chi connectivity index (χ0v) is 19.0. The van der Waals surface area contributed by atoms with E-state index >= 15 is 0 Å². The van der Waals surface area contributed by atoms with Crippen LogP contribution in [-0.4, -0.2) is 57.2 Å². The number of methoxy groups -OCH3 is 3. The van der Waals surface area contributed by atoms with E-state index < -0.39 is 6.04 Å². The lowest BCUT2D eigenvalue weighted by atomic mass is 10.1. The van der Waals surface area contributed by atoms with Crippen molar-refractivity contribution in [3.05, 3.63) is 59.4 Å². The largest absolute Gasteiger partial charge is 0.493 e. The van der Waals surface area contributed by atoms with Gasteiger partial charge in [-0.05, 0) is 48.7 Å². The minimum atomic E-state index is -0.713. The number of rotatable bonds is 12. The van der Waals surface area contributed by atoms with E-state index in [9.17, 15) is 14.0 Å². The molecule has 0 aromatic heterocycles. The molecule has 32 heavy (non-hydrogen) atoms. The molecule has 2 aromatic rings. The molecule has 0 aliphatic heterocycles. The van der Waals surface area contributed by atoms with Gasteiger partial charge in [-0.25, -0.2) is 4.39 Å². The van der Waals surface area contributed by atoms with Gasteiger partial charge in [0.25, 0.3) is 0 Å². The van der Waals surface area contributed by atoms with Gasteiger partial charge in [-0.1, -0.05) is 18.2 Å². The number of carbonyl (C=O) groups excluding carboxylic acids is 2. The van der Waals surface area contributed by atoms with Crippen LogP contribution in [0.15, 0.2) is 42.5 Å². The van der Waals surface area contributed by atoms with Gasteiger partial charge in [-0.15, -0.1) is 0 Å². The molecule has 0 spiro atoms. The van der Waals surface area contributed by atoms with Gasteiger partial charge in [0.05, 0.1) is 20.6 Å². The standard InChI is InChI=1S/C24H31FN2O5/c1-17(24(29)26-12-5-13-30-2)27(16-18-6-9-20(25)10-7-18)23(28)15-19-8-11-21(31-3)22(14-19)32-4/h6-11,14,17H,5,12-13,15-16H2,1-4H3,(H,26,29)/t17-/m0/s1. The molecule has 0 aliphatic carbocycles. The lowest BCUT2D eigenvalue weighted by Gasteiger charge is -2.29. The summed E-state index contributed by atoms with van der Waals surface area (Å²) < 4.78 is 28.9. The Labute approximate surface area is 188 Å². The molecule has 2 amide bonds. The Hall–Kier alpha value is -3.13. The fourth-order valence-corrected chi connectivity index (χ4v) is 3.21. The van der Waals surface area contributed by atoms with Crippen molar-refractivity contribution in [1.29, 1.82) is 0 Å². The van der Waals surface area contributed by atoms with Crippen molar-refractivity contribution in [3.63, 3.8) is 0 Å². The van der Waals surface area contributed by atoms with Crippen LogP contribution in [0.4, 0.5) is 4.39 Å². The zero-order valence-electron chi connectivity index (χ0n) is 19.0. The molecule has 2 aromatic carbocycles. The first-order valence-electron chi connectivity index (χ1n) is 10.4. The van der Waals surface area contributed by atoms with Gasteiger partial charge in [0.2, 0.25) is 11.8 Å². The summed E-state index contributed by atoms with van der Waals surface area (Å²) in [6, 6.07) is 10.4. The summed E-state index contributed by atoms with van der Waals surface area (Å²) in [5.74, 6) is 0.230. The summed E-state index contributed by atoms with van der Waals surface area (Å²) in [6.45, 7) is 2.85. The Balaban J connectivity index is 2.19. The maximum absolute atomic E-state index is 13.3. The van der Waals surface area contributed by atoms with Crippen LogP contribution in [0.2, 0.25) is 0 Å². The van der Waals surface area contributed by atoms with Crippen molar-refractivity contribution < 1.29 is 28.2 Å². The van der Waals surface area contributed by atoms with Crippen LogP contribution in [0.3, 0.4) is 0 Å². The maximum atomic E-state index is 13.3. The first-order chi connectivity index (χ1) is 15.4. The Morgan fingerprint density at radius 1 is 1.00 bits per heavy atom. The molecule has 1 atom stereocenters. The lowest BCUT2D eigenvalue weighted by molar-refractivity contribution is -0.140. The molecular formula is C24H31FN2O5. The average Bonchev–Trinajstić information content (AvgIpc) is 2.80. The number of nitrogens with zero attached hydrogens (tertiary/aromatic N) is 1. The Bertz CT molecular complexity index is 888. The van der Waals surface area contributed by atoms with Gasteiger partial charge in [0, 0.05) is 26.8 Å². The van der Waals surface area contributed by atoms with Crippen LogP contribution in [0.5, 0.6) is 11.5 Å². The van der Waals surface area contributed by atoms with Crippen LogP contribution >= 0.6 is 0 Å². The molecule has 174 valence electrons. The predicted octanol–water partition coefficient (Wildman–Crippen LogP) is 2.96. The molecule has 8 heteroatoms. The summed E-state index contributed by atoms with van der Waals surface area (Å²) in [5.41, 5.74) is 1.45. The molecule has 7 nitrogen and oxygen atoms in total. The van der Waals surface area contributed by atoms with Crippen molar-refractivity contribution in [2.45, 2.75) is 32.4 Å². The SMILES string of the molecule is COCCCNC(=O)[C@H](C)N(Cc1ccc(F)cc1)C(=O)Cc1ccc(OC)c(OC)c1. The second kappa shape index (κ2) is 12.7. The Morgan fingerprint density at radius 2 is 1.66 bits per heavy atom. The fourth-order valence-electron chi connectivity index (χ4n) is 3.21. The highest BCUT2D eigenvalue weighted by molar-refractivity contribution is 5.88. The third kappa shape index (κ3) is 7.23. The predicted molar refractivity (Wildman–Crippen MR) is 119 cm³/mol. The van der Waals surface area contributed by atoms with Gasteiger partial charge in [0.1, 0.15) is 11.9 Å². The highest BCUT2D eigenvalue weighted by Gasteiger charge is 2.26. The molecule has 0 saturated carbocycles. The molecule has 0 saturated heterocycles. The molecule has 0 unspecified atom stereocenters. The van der Waals surface area contributed by atoms with Crippen molar-refractivity contribution in [3.8, 4) is 11.5 Å². The van der Waals surface area contributed by atoms with E-state index in [0.717, 1.165) is 11.1 Å². The molecular weight excluding hydrogens is 415 g/mol. The van der Waals surface area contributed by atoms with Crippen LogP contribution in [-0.2, 0) is 27.3 Å². The van der Waals surface area contributed by atoms with E-state index in [4.69, 9.17) is 14.2 Å². The van der Waals surface area contributed by atoms with Gasteiger partial charge < -0.3 is 24.4 Å². The lowest BCUT2D eigenvalue weighted by Crippen LogP contribution is -2.48. The zero-order chi connectivity index (χ0) is 23.5. The maximum Gasteiger partial charge on any atom is 0.242 e. The highest BCUT2D eigenvalue weighted by atomic mass is 19.1. The van der Waals surface area contributed by atoms with Crippen molar-refractivity contribution in [2.75, 3.05) is 34.5 Å². The van der Waals surface area contributed by atoms with E-state index in [0.29, 0.717) is 31.1 Å². The summed E-state index contributed by atoms with van der Waals surface area (Å²) in [6.07, 6.45) is 0.745. The van der Waals surface area contributed by atoms with Gasteiger partial charge in [-0.3, -0.25) is 9.59 Å². The summed E-state index contributed by atoms with van der Waals surface area (Å²) in [4.78, 5) is 27.4. The van der Waals surface area contributed by atoms with E-state index in [1.807, 2.05) is 0 Å². The summed E-state index contributed by atoms with van der Waals surface area (Å²) in [5, 5.41) is 2.84. The van der Waals surface area contributed by atoms with E-state index in [-0.39, 0.29) is 30.6 Å². The van der Waals surface area contributed by atoms with Crippen LogP contribution in [0.25, 0.3) is 0 Å². The summed E-state index contributed by atoms with van der Waals surface area (Å²) in [7, 11) is 4.67. The van der Waals surface area contributed by atoms with Crippen LogP contribution in [0, 0.1) is 5.82 Å². The highest BCUT2D eigenvalue weighted by Crippen LogP contribution is 2.28. The first-order valence-corrected chi connectivity index (χ1v) is 10.4. The number of carbonyl (C=O) groups is 2. The number of nitrogens with one attached hydrogen (secondary N) is 1. The first kappa shape index (κ1) is 25.1. The summed E-state index contributed by atoms with van der Waals surface area (Å²) >= 11 is 0. The minimum Gasteiger partial charge on any atom is -0.493 e. The monoisotopic (exact) mass is 446 g/mol.